The van der Waals surface area contributed by atoms with Crippen molar-refractivity contribution in [3.8, 4) is 11.6 Å². The van der Waals surface area contributed by atoms with Gasteiger partial charge >= 0.3 is 11.7 Å². The highest BCUT2D eigenvalue weighted by atomic mass is 35.5. The number of carboxylic acids is 1. The highest BCUT2D eigenvalue weighted by molar-refractivity contribution is 6.33. The van der Waals surface area contributed by atoms with Crippen LogP contribution in [0.15, 0.2) is 35.4 Å². The van der Waals surface area contributed by atoms with Crippen molar-refractivity contribution in [2.24, 2.45) is 0 Å². The molecule has 2 aromatic heterocycles. The summed E-state index contributed by atoms with van der Waals surface area (Å²) in [4.78, 5) is 26.2. The Labute approximate surface area is 121 Å². The summed E-state index contributed by atoms with van der Waals surface area (Å²) in [5.41, 5.74) is -0.160. The molecule has 9 heteroatoms. The van der Waals surface area contributed by atoms with E-state index in [0.29, 0.717) is 5.65 Å². The van der Waals surface area contributed by atoms with Crippen LogP contribution in [-0.4, -0.2) is 30.7 Å². The van der Waals surface area contributed by atoms with E-state index in [4.69, 9.17) is 21.4 Å². The predicted molar refractivity (Wildman–Crippen MR) is 72.1 cm³/mol. The molecule has 0 bridgehead atoms. The minimum absolute atomic E-state index is 0.0776. The maximum absolute atomic E-state index is 11.3. The van der Waals surface area contributed by atoms with Crippen molar-refractivity contribution in [2.75, 3.05) is 0 Å². The van der Waals surface area contributed by atoms with Gasteiger partial charge in [-0.05, 0) is 18.2 Å². The highest BCUT2D eigenvalue weighted by Gasteiger charge is 2.11. The molecule has 0 saturated heterocycles. The first-order chi connectivity index (χ1) is 10.0. The van der Waals surface area contributed by atoms with Crippen LogP contribution in [0.1, 0.15) is 10.4 Å². The van der Waals surface area contributed by atoms with E-state index in [2.05, 4.69) is 15.2 Å². The topological polar surface area (TPSA) is 110 Å². The largest absolute Gasteiger partial charge is 0.478 e. The fraction of sp³-hybridized carbons (Fsp3) is 0. The van der Waals surface area contributed by atoms with Gasteiger partial charge < -0.3 is 9.84 Å². The van der Waals surface area contributed by atoms with Gasteiger partial charge in [-0.3, -0.25) is 0 Å². The lowest BCUT2D eigenvalue weighted by molar-refractivity contribution is 0.0696. The number of halogens is 1. The van der Waals surface area contributed by atoms with Gasteiger partial charge in [0.15, 0.2) is 5.65 Å². The minimum atomic E-state index is -1.16. The third-order valence-corrected chi connectivity index (χ3v) is 3.00. The zero-order valence-electron chi connectivity index (χ0n) is 10.3. The fourth-order valence-corrected chi connectivity index (χ4v) is 1.90. The fourth-order valence-electron chi connectivity index (χ4n) is 1.70. The molecule has 0 aliphatic heterocycles. The molecule has 3 aromatic rings. The average Bonchev–Trinajstić information content (AvgIpc) is 2.82. The van der Waals surface area contributed by atoms with E-state index in [1.807, 2.05) is 0 Å². The van der Waals surface area contributed by atoms with Crippen LogP contribution in [0.3, 0.4) is 0 Å². The van der Waals surface area contributed by atoms with Crippen LogP contribution in [0.25, 0.3) is 5.65 Å². The Balaban J connectivity index is 1.96. The number of rotatable bonds is 3. The average molecular weight is 307 g/mol. The van der Waals surface area contributed by atoms with Crippen LogP contribution in [0.4, 0.5) is 0 Å². The predicted octanol–water partition coefficient (Wildman–Crippen LogP) is 1.56. The third kappa shape index (κ3) is 2.43. The number of aromatic carboxylic acids is 1. The van der Waals surface area contributed by atoms with Gasteiger partial charge in [-0.1, -0.05) is 11.6 Å². The number of nitrogens with zero attached hydrogens (tertiary/aromatic N) is 3. The Hall–Kier alpha value is -2.87. The number of carboxylic acid groups (broad SMARTS) is 1. The van der Waals surface area contributed by atoms with Crippen LogP contribution in [0.5, 0.6) is 11.6 Å². The van der Waals surface area contributed by atoms with Gasteiger partial charge in [0.25, 0.3) is 0 Å². The maximum Gasteiger partial charge on any atom is 0.348 e. The molecule has 3 rings (SSSR count). The SMILES string of the molecule is O=C(O)c1cc(Oc2cc3n[nH]c(=O)n3cn2)ccc1Cl. The monoisotopic (exact) mass is 306 g/mol. The second-order valence-corrected chi connectivity index (χ2v) is 4.44. The Morgan fingerprint density at radius 2 is 2.19 bits per heavy atom. The number of fused-ring (bicyclic) bond motifs is 1. The molecule has 0 atom stereocenters. The van der Waals surface area contributed by atoms with E-state index in [9.17, 15) is 9.59 Å². The quantitative estimate of drug-likeness (QED) is 0.760. The number of benzene rings is 1. The summed E-state index contributed by atoms with van der Waals surface area (Å²) < 4.78 is 6.64. The number of carbonyl (C=O) groups is 1. The summed E-state index contributed by atoms with van der Waals surface area (Å²) in [5, 5.41) is 15.1. The van der Waals surface area contributed by atoms with Crippen LogP contribution in [0.2, 0.25) is 5.02 Å². The molecule has 0 amide bonds. The molecular weight excluding hydrogens is 300 g/mol. The lowest BCUT2D eigenvalue weighted by Gasteiger charge is -2.06. The first-order valence-corrected chi connectivity index (χ1v) is 6.06. The van der Waals surface area contributed by atoms with E-state index in [0.717, 1.165) is 0 Å². The summed E-state index contributed by atoms with van der Waals surface area (Å²) in [6.45, 7) is 0. The summed E-state index contributed by atoms with van der Waals surface area (Å²) in [7, 11) is 0. The second kappa shape index (κ2) is 4.91. The summed E-state index contributed by atoms with van der Waals surface area (Å²) in [6.07, 6.45) is 1.25. The van der Waals surface area contributed by atoms with Crippen molar-refractivity contribution in [1.82, 2.24) is 19.6 Å². The number of H-pyrrole nitrogens is 1. The van der Waals surface area contributed by atoms with Crippen molar-refractivity contribution >= 4 is 23.2 Å². The molecule has 0 radical (unpaired) electrons. The summed E-state index contributed by atoms with van der Waals surface area (Å²) in [6, 6.07) is 5.65. The summed E-state index contributed by atoms with van der Waals surface area (Å²) >= 11 is 5.77. The van der Waals surface area contributed by atoms with E-state index in [1.165, 1.54) is 35.0 Å². The van der Waals surface area contributed by atoms with Crippen LogP contribution in [0, 0.1) is 0 Å². The standard InChI is InChI=1S/C12H7ClN4O4/c13-8-2-1-6(3-7(8)11(18)19)21-10-4-9-15-16-12(20)17(9)5-14-10/h1-5H,(H,16,20)(H,18,19). The van der Waals surface area contributed by atoms with Crippen molar-refractivity contribution in [2.45, 2.75) is 0 Å². The van der Waals surface area contributed by atoms with Gasteiger partial charge in [-0.2, -0.15) is 5.10 Å². The lowest BCUT2D eigenvalue weighted by atomic mass is 10.2. The highest BCUT2D eigenvalue weighted by Crippen LogP contribution is 2.25. The molecule has 21 heavy (non-hydrogen) atoms. The molecule has 2 heterocycles. The molecule has 8 nitrogen and oxygen atoms in total. The van der Waals surface area contributed by atoms with E-state index >= 15 is 0 Å². The Kier molecular flexibility index (Phi) is 3.07. The smallest absolute Gasteiger partial charge is 0.348 e. The molecule has 2 N–H and O–H groups in total. The molecule has 1 aromatic carbocycles. The van der Waals surface area contributed by atoms with Gasteiger partial charge in [0.2, 0.25) is 5.88 Å². The molecule has 0 saturated carbocycles. The van der Waals surface area contributed by atoms with Gasteiger partial charge in [0.05, 0.1) is 10.6 Å². The molecule has 0 aliphatic rings. The van der Waals surface area contributed by atoms with Crippen molar-refractivity contribution in [1.29, 1.82) is 0 Å². The van der Waals surface area contributed by atoms with Crippen molar-refractivity contribution in [3.05, 3.63) is 51.7 Å². The van der Waals surface area contributed by atoms with Crippen LogP contribution >= 0.6 is 11.6 Å². The second-order valence-electron chi connectivity index (χ2n) is 4.03. The normalized spacial score (nSPS) is 10.7. The molecule has 0 unspecified atom stereocenters. The Morgan fingerprint density at radius 3 is 2.95 bits per heavy atom. The van der Waals surface area contributed by atoms with Crippen LogP contribution < -0.4 is 10.4 Å². The number of hydrogen-bond donors (Lipinski definition) is 2. The van der Waals surface area contributed by atoms with Crippen LogP contribution in [-0.2, 0) is 0 Å². The minimum Gasteiger partial charge on any atom is -0.478 e. The van der Waals surface area contributed by atoms with Gasteiger partial charge in [-0.15, -0.1) is 0 Å². The molecule has 0 spiro atoms. The number of aromatic amines is 1. The first-order valence-electron chi connectivity index (χ1n) is 5.68. The molecule has 0 fully saturated rings. The first kappa shape index (κ1) is 13.1. The Bertz CT molecular complexity index is 902. The zero-order valence-corrected chi connectivity index (χ0v) is 11.0. The van der Waals surface area contributed by atoms with E-state index < -0.39 is 11.7 Å². The number of hydrogen-bond acceptors (Lipinski definition) is 5. The number of aromatic nitrogens is 4. The molecular formula is C12H7ClN4O4. The Morgan fingerprint density at radius 1 is 1.38 bits per heavy atom. The van der Waals surface area contributed by atoms with Gasteiger partial charge in [0.1, 0.15) is 12.1 Å². The lowest BCUT2D eigenvalue weighted by Crippen LogP contribution is -2.09. The maximum atomic E-state index is 11.3. The molecule has 0 aliphatic carbocycles. The van der Waals surface area contributed by atoms with E-state index in [-0.39, 0.29) is 22.2 Å². The summed E-state index contributed by atoms with van der Waals surface area (Å²) in [5.74, 6) is -0.737. The van der Waals surface area contributed by atoms with Crippen molar-refractivity contribution in [3.63, 3.8) is 0 Å². The van der Waals surface area contributed by atoms with Crippen molar-refractivity contribution < 1.29 is 14.6 Å². The number of ether oxygens (including phenoxy) is 1. The van der Waals surface area contributed by atoms with Gasteiger partial charge in [0, 0.05) is 6.07 Å². The van der Waals surface area contributed by atoms with Gasteiger partial charge in [-0.25, -0.2) is 24.1 Å². The number of nitrogens with one attached hydrogen (secondary N) is 1. The zero-order chi connectivity index (χ0) is 15.0. The van der Waals surface area contributed by atoms with E-state index in [1.54, 1.807) is 0 Å². The molecule has 106 valence electrons. The third-order valence-electron chi connectivity index (χ3n) is 2.68.